The van der Waals surface area contributed by atoms with E-state index < -0.39 is 18.2 Å². The molecule has 2 aromatic rings. The van der Waals surface area contributed by atoms with Gasteiger partial charge in [-0.15, -0.1) is 0 Å². The standard InChI is InChI=1S/C22H21Cl2NO4/c1-13(2)25-18-11-10-14(23)12-16(18)21(15-6-3-4-7-17(15)24)29-19(22(25)28)8-5-9-20(26)27/h3-7,9-13,19,21H,8H2,1-2H3,(H,26,27)/b9-5+/t19-,21-/m1/s1. The van der Waals surface area contributed by atoms with Crippen LogP contribution in [0, 0.1) is 0 Å². The van der Waals surface area contributed by atoms with Gasteiger partial charge in [0.15, 0.2) is 0 Å². The van der Waals surface area contributed by atoms with E-state index in [0.29, 0.717) is 21.3 Å². The minimum absolute atomic E-state index is 0.122. The third kappa shape index (κ3) is 4.64. The molecule has 152 valence electrons. The summed E-state index contributed by atoms with van der Waals surface area (Å²) in [6, 6.07) is 12.5. The van der Waals surface area contributed by atoms with Crippen LogP contribution in [0.5, 0.6) is 0 Å². The number of benzene rings is 2. The van der Waals surface area contributed by atoms with E-state index in [2.05, 4.69) is 0 Å². The highest BCUT2D eigenvalue weighted by molar-refractivity contribution is 6.31. The van der Waals surface area contributed by atoms with Gasteiger partial charge in [-0.2, -0.15) is 0 Å². The predicted octanol–water partition coefficient (Wildman–Crippen LogP) is 5.25. The van der Waals surface area contributed by atoms with Crippen LogP contribution in [-0.4, -0.2) is 29.1 Å². The lowest BCUT2D eigenvalue weighted by Crippen LogP contribution is -2.43. The van der Waals surface area contributed by atoms with E-state index in [4.69, 9.17) is 33.0 Å². The van der Waals surface area contributed by atoms with Crippen LogP contribution >= 0.6 is 23.2 Å². The van der Waals surface area contributed by atoms with Crippen LogP contribution in [0.4, 0.5) is 5.69 Å². The molecule has 1 amide bonds. The molecule has 5 nitrogen and oxygen atoms in total. The van der Waals surface area contributed by atoms with Crippen molar-refractivity contribution in [2.45, 2.75) is 38.5 Å². The Morgan fingerprint density at radius 1 is 1.21 bits per heavy atom. The lowest BCUT2D eigenvalue weighted by atomic mass is 9.99. The van der Waals surface area contributed by atoms with Crippen LogP contribution < -0.4 is 4.90 Å². The number of halogens is 2. The van der Waals surface area contributed by atoms with Crippen molar-refractivity contribution >= 4 is 40.8 Å². The highest BCUT2D eigenvalue weighted by Crippen LogP contribution is 2.42. The number of carbonyl (C=O) groups excluding carboxylic acids is 1. The number of hydrogen-bond donors (Lipinski definition) is 1. The molecule has 0 fully saturated rings. The van der Waals surface area contributed by atoms with E-state index in [1.807, 2.05) is 32.0 Å². The molecule has 0 spiro atoms. The summed E-state index contributed by atoms with van der Waals surface area (Å²) < 4.78 is 6.26. The number of rotatable bonds is 5. The maximum atomic E-state index is 13.3. The molecule has 0 radical (unpaired) electrons. The summed E-state index contributed by atoms with van der Waals surface area (Å²) in [4.78, 5) is 25.8. The largest absolute Gasteiger partial charge is 0.478 e. The Balaban J connectivity index is 2.16. The van der Waals surface area contributed by atoms with Crippen molar-refractivity contribution in [1.82, 2.24) is 0 Å². The number of aliphatic carboxylic acids is 1. The van der Waals surface area contributed by atoms with Gasteiger partial charge in [-0.1, -0.05) is 47.5 Å². The molecule has 1 aliphatic rings. The summed E-state index contributed by atoms with van der Waals surface area (Å²) in [5.41, 5.74) is 2.14. The molecule has 7 heteroatoms. The molecule has 1 heterocycles. The van der Waals surface area contributed by atoms with E-state index in [1.54, 1.807) is 29.2 Å². The van der Waals surface area contributed by atoms with E-state index in [0.717, 1.165) is 11.6 Å². The van der Waals surface area contributed by atoms with Gasteiger partial charge < -0.3 is 14.7 Å². The van der Waals surface area contributed by atoms with Crippen molar-refractivity contribution < 1.29 is 19.4 Å². The smallest absolute Gasteiger partial charge is 0.327 e. The fourth-order valence-electron chi connectivity index (χ4n) is 3.43. The van der Waals surface area contributed by atoms with Crippen LogP contribution in [0.15, 0.2) is 54.6 Å². The van der Waals surface area contributed by atoms with Gasteiger partial charge in [0.05, 0.1) is 5.69 Å². The molecule has 1 aliphatic heterocycles. The average Bonchev–Trinajstić information content (AvgIpc) is 2.77. The fraction of sp³-hybridized carbons (Fsp3) is 0.273. The first kappa shape index (κ1) is 21.4. The topological polar surface area (TPSA) is 66.8 Å². The van der Waals surface area contributed by atoms with Crippen molar-refractivity contribution in [2.75, 3.05) is 4.90 Å². The first-order valence-corrected chi connectivity index (χ1v) is 9.97. The third-order valence-corrected chi connectivity index (χ3v) is 5.24. The second-order valence-electron chi connectivity index (χ2n) is 7.01. The number of fused-ring (bicyclic) bond motifs is 1. The van der Waals surface area contributed by atoms with Gasteiger partial charge in [0.2, 0.25) is 0 Å². The molecule has 2 atom stereocenters. The lowest BCUT2D eigenvalue weighted by molar-refractivity contribution is -0.133. The van der Waals surface area contributed by atoms with Gasteiger partial charge >= 0.3 is 5.97 Å². The Labute approximate surface area is 179 Å². The average molecular weight is 434 g/mol. The summed E-state index contributed by atoms with van der Waals surface area (Å²) in [5.74, 6) is -1.32. The van der Waals surface area contributed by atoms with Crippen molar-refractivity contribution in [3.63, 3.8) is 0 Å². The summed E-state index contributed by atoms with van der Waals surface area (Å²) >= 11 is 12.7. The van der Waals surface area contributed by atoms with Gasteiger partial charge in [0, 0.05) is 39.7 Å². The summed E-state index contributed by atoms with van der Waals surface area (Å²) in [6.45, 7) is 3.83. The van der Waals surface area contributed by atoms with E-state index in [1.165, 1.54) is 6.08 Å². The molecule has 0 unspecified atom stereocenters. The Morgan fingerprint density at radius 3 is 2.59 bits per heavy atom. The Hall–Kier alpha value is -2.34. The molecule has 0 aliphatic carbocycles. The molecular formula is C22H21Cl2NO4. The van der Waals surface area contributed by atoms with E-state index in [-0.39, 0.29) is 18.4 Å². The number of nitrogens with zero attached hydrogens (tertiary/aromatic N) is 1. The van der Waals surface area contributed by atoms with Crippen molar-refractivity contribution in [3.8, 4) is 0 Å². The number of hydrogen-bond acceptors (Lipinski definition) is 3. The zero-order valence-electron chi connectivity index (χ0n) is 16.0. The molecule has 1 N–H and O–H groups in total. The van der Waals surface area contributed by atoms with E-state index >= 15 is 0 Å². The van der Waals surface area contributed by atoms with Crippen LogP contribution in [0.3, 0.4) is 0 Å². The Morgan fingerprint density at radius 2 is 1.93 bits per heavy atom. The normalized spacial score (nSPS) is 19.5. The Bertz CT molecular complexity index is 958. The molecule has 0 aromatic heterocycles. The monoisotopic (exact) mass is 433 g/mol. The van der Waals surface area contributed by atoms with Gasteiger partial charge in [-0.25, -0.2) is 4.79 Å². The molecular weight excluding hydrogens is 413 g/mol. The highest BCUT2D eigenvalue weighted by atomic mass is 35.5. The molecule has 0 bridgehead atoms. The lowest BCUT2D eigenvalue weighted by Gasteiger charge is -2.28. The molecule has 29 heavy (non-hydrogen) atoms. The first-order chi connectivity index (χ1) is 13.8. The number of carboxylic acid groups (broad SMARTS) is 1. The second-order valence-corrected chi connectivity index (χ2v) is 7.85. The minimum atomic E-state index is -1.08. The molecule has 3 rings (SSSR count). The van der Waals surface area contributed by atoms with Crippen molar-refractivity contribution in [2.24, 2.45) is 0 Å². The maximum Gasteiger partial charge on any atom is 0.327 e. The van der Waals surface area contributed by atoms with Crippen LogP contribution in [0.1, 0.15) is 37.5 Å². The highest BCUT2D eigenvalue weighted by Gasteiger charge is 2.37. The van der Waals surface area contributed by atoms with Crippen LogP contribution in [0.25, 0.3) is 0 Å². The number of carboxylic acids is 1. The van der Waals surface area contributed by atoms with Crippen LogP contribution in [-0.2, 0) is 14.3 Å². The van der Waals surface area contributed by atoms with Gasteiger partial charge in [0.25, 0.3) is 5.91 Å². The van der Waals surface area contributed by atoms with Gasteiger partial charge in [-0.3, -0.25) is 4.79 Å². The quantitative estimate of drug-likeness (QED) is 0.653. The first-order valence-electron chi connectivity index (χ1n) is 9.21. The number of carbonyl (C=O) groups is 2. The van der Waals surface area contributed by atoms with Gasteiger partial charge in [0.1, 0.15) is 12.2 Å². The predicted molar refractivity (Wildman–Crippen MR) is 114 cm³/mol. The molecule has 2 aromatic carbocycles. The molecule has 0 saturated heterocycles. The summed E-state index contributed by atoms with van der Waals surface area (Å²) in [6.07, 6.45) is 1.05. The number of ether oxygens (including phenoxy) is 1. The van der Waals surface area contributed by atoms with Crippen LogP contribution in [0.2, 0.25) is 10.0 Å². The number of anilines is 1. The third-order valence-electron chi connectivity index (χ3n) is 4.66. The maximum absolute atomic E-state index is 13.3. The Kier molecular flexibility index (Phi) is 6.63. The number of amides is 1. The van der Waals surface area contributed by atoms with E-state index in [9.17, 15) is 9.59 Å². The summed E-state index contributed by atoms with van der Waals surface area (Å²) in [5, 5.41) is 9.91. The SMILES string of the molecule is CC(C)N1C(=O)[C@@H](C/C=C/C(=O)O)O[C@H](c2ccccc2Cl)c2cc(Cl)ccc21. The molecule has 0 saturated carbocycles. The summed E-state index contributed by atoms with van der Waals surface area (Å²) in [7, 11) is 0. The zero-order valence-corrected chi connectivity index (χ0v) is 17.5. The van der Waals surface area contributed by atoms with Crippen molar-refractivity contribution in [1.29, 1.82) is 0 Å². The fourth-order valence-corrected chi connectivity index (χ4v) is 3.85. The van der Waals surface area contributed by atoms with Gasteiger partial charge in [-0.05, 0) is 38.1 Å². The second kappa shape index (κ2) is 8.99. The zero-order chi connectivity index (χ0) is 21.1. The van der Waals surface area contributed by atoms with Crippen molar-refractivity contribution in [3.05, 3.63) is 75.8 Å². The minimum Gasteiger partial charge on any atom is -0.478 e.